The molecule has 0 radical (unpaired) electrons. The molecular weight excluding hydrogens is 254 g/mol. The molecule has 0 aromatic heterocycles. The van der Waals surface area contributed by atoms with Crippen LogP contribution in [0.3, 0.4) is 0 Å². The van der Waals surface area contributed by atoms with Gasteiger partial charge < -0.3 is 15.3 Å². The van der Waals surface area contributed by atoms with E-state index in [1.165, 1.54) is 19.0 Å². The number of nitrogens with one attached hydrogen (secondary N) is 1. The lowest BCUT2D eigenvalue weighted by atomic mass is 10.1. The van der Waals surface area contributed by atoms with E-state index in [4.69, 9.17) is 0 Å². The monoisotopic (exact) mass is 272 g/mol. The van der Waals surface area contributed by atoms with Crippen LogP contribution in [0.2, 0.25) is 0 Å². The summed E-state index contributed by atoms with van der Waals surface area (Å²) in [5.41, 5.74) is -1.45. The average Bonchev–Trinajstić information content (AvgIpc) is 2.25. The van der Waals surface area contributed by atoms with Crippen molar-refractivity contribution >= 4 is 11.6 Å². The number of benzene rings is 1. The summed E-state index contributed by atoms with van der Waals surface area (Å²) in [6, 6.07) is 1.94. The minimum absolute atomic E-state index is 0.0584. The van der Waals surface area contributed by atoms with Crippen LogP contribution < -0.4 is 5.32 Å². The third-order valence-corrected chi connectivity index (χ3v) is 2.51. The van der Waals surface area contributed by atoms with Gasteiger partial charge in [0.15, 0.2) is 0 Å². The lowest BCUT2D eigenvalue weighted by molar-refractivity contribution is 0.0367. The molecule has 2 N–H and O–H groups in total. The van der Waals surface area contributed by atoms with Gasteiger partial charge in [-0.2, -0.15) is 0 Å². The number of hydrogen-bond acceptors (Lipinski definition) is 3. The van der Waals surface area contributed by atoms with Crippen LogP contribution in [0.15, 0.2) is 12.1 Å². The Bertz CT molecular complexity index is 461. The molecule has 0 unspecified atom stereocenters. The molecule has 0 saturated carbocycles. The average molecular weight is 272 g/mol. The van der Waals surface area contributed by atoms with E-state index >= 15 is 0 Å². The molecule has 0 fully saturated rings. The van der Waals surface area contributed by atoms with Gasteiger partial charge in [0.25, 0.3) is 5.91 Å². The first-order valence-electron chi connectivity index (χ1n) is 5.80. The van der Waals surface area contributed by atoms with Gasteiger partial charge in [0.2, 0.25) is 0 Å². The fraction of sp³-hybridized carbons (Fsp3) is 0.462. The highest BCUT2D eigenvalue weighted by Crippen LogP contribution is 2.21. The summed E-state index contributed by atoms with van der Waals surface area (Å²) in [7, 11) is 2.85. The summed E-state index contributed by atoms with van der Waals surface area (Å²) in [4.78, 5) is 13.2. The molecular formula is C13H18F2N2O2. The second kappa shape index (κ2) is 5.52. The summed E-state index contributed by atoms with van der Waals surface area (Å²) >= 11 is 0. The van der Waals surface area contributed by atoms with Gasteiger partial charge >= 0.3 is 0 Å². The Morgan fingerprint density at radius 1 is 1.37 bits per heavy atom. The molecule has 19 heavy (non-hydrogen) atoms. The molecule has 0 aliphatic carbocycles. The van der Waals surface area contributed by atoms with E-state index in [0.29, 0.717) is 0 Å². The topological polar surface area (TPSA) is 52.6 Å². The van der Waals surface area contributed by atoms with Crippen LogP contribution in [0.4, 0.5) is 14.5 Å². The molecule has 0 saturated heterocycles. The van der Waals surface area contributed by atoms with Gasteiger partial charge in [0.1, 0.15) is 17.3 Å². The van der Waals surface area contributed by atoms with Gasteiger partial charge in [-0.15, -0.1) is 0 Å². The molecule has 4 nitrogen and oxygen atoms in total. The quantitative estimate of drug-likeness (QED) is 0.879. The third kappa shape index (κ3) is 3.89. The molecule has 0 atom stereocenters. The highest BCUT2D eigenvalue weighted by Gasteiger charge is 2.22. The highest BCUT2D eigenvalue weighted by atomic mass is 19.1. The molecule has 0 aliphatic heterocycles. The van der Waals surface area contributed by atoms with Crippen molar-refractivity contribution in [1.82, 2.24) is 4.90 Å². The predicted octanol–water partition coefficient (Wildman–Crippen LogP) is 1.85. The minimum Gasteiger partial charge on any atom is -0.389 e. The van der Waals surface area contributed by atoms with E-state index < -0.39 is 23.1 Å². The van der Waals surface area contributed by atoms with Gasteiger partial charge in [-0.25, -0.2) is 8.78 Å². The van der Waals surface area contributed by atoms with E-state index in [1.54, 1.807) is 13.8 Å². The van der Waals surface area contributed by atoms with Gasteiger partial charge in [0.05, 0.1) is 5.60 Å². The Morgan fingerprint density at radius 2 is 1.84 bits per heavy atom. The maximum absolute atomic E-state index is 13.6. The number of nitrogens with zero attached hydrogens (tertiary/aromatic N) is 1. The first-order valence-corrected chi connectivity index (χ1v) is 5.80. The standard InChI is InChI=1S/C13H18F2N2O2/c1-13(2,19)7-17(4)12(18)8-5-9(14)11(16-3)10(15)6-8/h5-6,16,19H,7H2,1-4H3. The summed E-state index contributed by atoms with van der Waals surface area (Å²) in [6.45, 7) is 3.15. The number of aliphatic hydroxyl groups is 1. The zero-order valence-corrected chi connectivity index (χ0v) is 11.4. The molecule has 106 valence electrons. The molecule has 1 amide bonds. The predicted molar refractivity (Wildman–Crippen MR) is 69.2 cm³/mol. The SMILES string of the molecule is CNc1c(F)cc(C(=O)N(C)CC(C)(C)O)cc1F. The highest BCUT2D eigenvalue weighted by molar-refractivity contribution is 5.94. The molecule has 0 aliphatic rings. The van der Waals surface area contributed by atoms with Crippen LogP contribution in [-0.2, 0) is 0 Å². The van der Waals surface area contributed by atoms with Crippen molar-refractivity contribution in [1.29, 1.82) is 0 Å². The number of carbonyl (C=O) groups is 1. The van der Waals surface area contributed by atoms with E-state index in [1.807, 2.05) is 0 Å². The first kappa shape index (κ1) is 15.4. The second-order valence-corrected chi connectivity index (χ2v) is 5.04. The summed E-state index contributed by atoms with van der Waals surface area (Å²) in [5.74, 6) is -2.22. The summed E-state index contributed by atoms with van der Waals surface area (Å²) < 4.78 is 27.1. The van der Waals surface area contributed by atoms with E-state index in [2.05, 4.69) is 5.32 Å². The lowest BCUT2D eigenvalue weighted by Gasteiger charge is -2.25. The first-order chi connectivity index (χ1) is 8.65. The van der Waals surface area contributed by atoms with Crippen molar-refractivity contribution in [2.24, 2.45) is 0 Å². The molecule has 6 heteroatoms. The summed E-state index contributed by atoms with van der Waals surface area (Å²) in [6.07, 6.45) is 0. The smallest absolute Gasteiger partial charge is 0.253 e. The van der Waals surface area contributed by atoms with Gasteiger partial charge in [0, 0.05) is 26.2 Å². The Labute approximate surface area is 111 Å². The van der Waals surface area contributed by atoms with Crippen molar-refractivity contribution in [2.75, 3.05) is 26.0 Å². The van der Waals surface area contributed by atoms with Crippen LogP contribution in [-0.4, -0.2) is 42.2 Å². The number of halogens is 2. The van der Waals surface area contributed by atoms with Crippen molar-refractivity contribution in [3.8, 4) is 0 Å². The Balaban J connectivity index is 3.01. The minimum atomic E-state index is -1.08. The number of hydrogen-bond donors (Lipinski definition) is 2. The van der Waals surface area contributed by atoms with Crippen LogP contribution in [0.25, 0.3) is 0 Å². The van der Waals surface area contributed by atoms with Crippen molar-refractivity contribution in [3.63, 3.8) is 0 Å². The Kier molecular flexibility index (Phi) is 4.47. The Morgan fingerprint density at radius 3 is 2.21 bits per heavy atom. The number of carbonyl (C=O) groups excluding carboxylic acids is 1. The molecule has 0 bridgehead atoms. The normalized spacial score (nSPS) is 11.3. The van der Waals surface area contributed by atoms with Crippen LogP contribution >= 0.6 is 0 Å². The second-order valence-electron chi connectivity index (χ2n) is 5.04. The van der Waals surface area contributed by atoms with Gasteiger partial charge in [-0.1, -0.05) is 0 Å². The molecule has 0 heterocycles. The van der Waals surface area contributed by atoms with Crippen molar-refractivity contribution in [2.45, 2.75) is 19.4 Å². The zero-order valence-electron chi connectivity index (χ0n) is 11.4. The van der Waals surface area contributed by atoms with Gasteiger partial charge in [-0.3, -0.25) is 4.79 Å². The largest absolute Gasteiger partial charge is 0.389 e. The number of anilines is 1. The van der Waals surface area contributed by atoms with Gasteiger partial charge in [-0.05, 0) is 26.0 Å². The van der Waals surface area contributed by atoms with Crippen molar-refractivity contribution in [3.05, 3.63) is 29.3 Å². The maximum atomic E-state index is 13.6. The number of amides is 1. The molecule has 1 aromatic carbocycles. The maximum Gasteiger partial charge on any atom is 0.253 e. The van der Waals surface area contributed by atoms with Crippen LogP contribution in [0, 0.1) is 11.6 Å². The molecule has 1 aromatic rings. The third-order valence-electron chi connectivity index (χ3n) is 2.51. The fourth-order valence-electron chi connectivity index (χ4n) is 1.81. The fourth-order valence-corrected chi connectivity index (χ4v) is 1.81. The molecule has 1 rings (SSSR count). The Hall–Kier alpha value is -1.69. The summed E-state index contributed by atoms with van der Waals surface area (Å²) in [5, 5.41) is 12.0. The number of likely N-dealkylation sites (N-methyl/N-ethyl adjacent to an activating group) is 1. The number of rotatable bonds is 4. The lowest BCUT2D eigenvalue weighted by Crippen LogP contribution is -2.39. The zero-order chi connectivity index (χ0) is 14.8. The van der Waals surface area contributed by atoms with E-state index in [0.717, 1.165) is 12.1 Å². The molecule has 0 spiro atoms. The van der Waals surface area contributed by atoms with Crippen LogP contribution in [0.5, 0.6) is 0 Å². The van der Waals surface area contributed by atoms with E-state index in [-0.39, 0.29) is 17.8 Å². The van der Waals surface area contributed by atoms with Crippen LogP contribution in [0.1, 0.15) is 24.2 Å². The van der Waals surface area contributed by atoms with E-state index in [9.17, 15) is 18.7 Å². The van der Waals surface area contributed by atoms with Crippen molar-refractivity contribution < 1.29 is 18.7 Å².